The zero-order valence-corrected chi connectivity index (χ0v) is 15.6. The zero-order chi connectivity index (χ0) is 17.8. The van der Waals surface area contributed by atoms with Gasteiger partial charge in [-0.05, 0) is 40.1 Å². The lowest BCUT2D eigenvalue weighted by Crippen LogP contribution is -2.52. The lowest BCUT2D eigenvalue weighted by atomic mass is 9.91. The van der Waals surface area contributed by atoms with Gasteiger partial charge in [0.25, 0.3) is 5.91 Å². The Morgan fingerprint density at radius 3 is 2.30 bits per heavy atom. The van der Waals surface area contributed by atoms with E-state index >= 15 is 0 Å². The van der Waals surface area contributed by atoms with Gasteiger partial charge in [0.05, 0.1) is 0 Å². The predicted molar refractivity (Wildman–Crippen MR) is 91.0 cm³/mol. The molecule has 0 atom stereocenters. The third-order valence-corrected chi connectivity index (χ3v) is 6.02. The standard InChI is InChI=1S/C15H28N4O3S/c1-7-15(8-2,18(4)5)11-17-14(20)13-9-12(10-19(13)6)23(21,22)16-3/h9-10,16H,7-8,11H2,1-6H3,(H,17,20). The third kappa shape index (κ3) is 4.13. The highest BCUT2D eigenvalue weighted by atomic mass is 32.2. The van der Waals surface area contributed by atoms with Crippen molar-refractivity contribution in [2.45, 2.75) is 37.1 Å². The van der Waals surface area contributed by atoms with Gasteiger partial charge in [0.15, 0.2) is 0 Å². The number of sulfonamides is 1. The number of amides is 1. The number of aryl methyl sites for hydroxylation is 1. The van der Waals surface area contributed by atoms with Crippen LogP contribution < -0.4 is 10.0 Å². The van der Waals surface area contributed by atoms with Crippen molar-refractivity contribution in [2.24, 2.45) is 7.05 Å². The molecule has 132 valence electrons. The van der Waals surface area contributed by atoms with Crippen molar-refractivity contribution in [3.05, 3.63) is 18.0 Å². The van der Waals surface area contributed by atoms with Crippen LogP contribution in [0.1, 0.15) is 37.2 Å². The van der Waals surface area contributed by atoms with Gasteiger partial charge in [-0.1, -0.05) is 13.8 Å². The van der Waals surface area contributed by atoms with Crippen molar-refractivity contribution in [3.63, 3.8) is 0 Å². The largest absolute Gasteiger partial charge is 0.349 e. The minimum absolute atomic E-state index is 0.0810. The van der Waals surface area contributed by atoms with Crippen LogP contribution >= 0.6 is 0 Å². The summed E-state index contributed by atoms with van der Waals surface area (Å²) in [5.74, 6) is -0.279. The fourth-order valence-corrected chi connectivity index (χ4v) is 3.45. The number of hydrogen-bond acceptors (Lipinski definition) is 4. The molecular formula is C15H28N4O3S. The van der Waals surface area contributed by atoms with Crippen molar-refractivity contribution in [1.82, 2.24) is 19.5 Å². The maximum absolute atomic E-state index is 12.4. The van der Waals surface area contributed by atoms with Gasteiger partial charge >= 0.3 is 0 Å². The monoisotopic (exact) mass is 344 g/mol. The Morgan fingerprint density at radius 2 is 1.87 bits per heavy atom. The summed E-state index contributed by atoms with van der Waals surface area (Å²) in [6.45, 7) is 4.69. The molecule has 0 fully saturated rings. The van der Waals surface area contributed by atoms with E-state index in [-0.39, 0.29) is 16.3 Å². The summed E-state index contributed by atoms with van der Waals surface area (Å²) >= 11 is 0. The molecule has 1 amide bonds. The molecule has 0 unspecified atom stereocenters. The molecule has 1 heterocycles. The highest BCUT2D eigenvalue weighted by Gasteiger charge is 2.29. The maximum atomic E-state index is 12.4. The van der Waals surface area contributed by atoms with Crippen LogP contribution in [0.2, 0.25) is 0 Å². The van der Waals surface area contributed by atoms with Crippen molar-refractivity contribution in [1.29, 1.82) is 0 Å². The van der Waals surface area contributed by atoms with Gasteiger partial charge in [0.1, 0.15) is 10.6 Å². The van der Waals surface area contributed by atoms with E-state index in [1.54, 1.807) is 7.05 Å². The first-order chi connectivity index (χ1) is 10.6. The molecule has 0 saturated carbocycles. The third-order valence-electron chi connectivity index (χ3n) is 4.63. The van der Waals surface area contributed by atoms with Gasteiger partial charge in [0.2, 0.25) is 10.0 Å². The molecule has 0 aliphatic carbocycles. The van der Waals surface area contributed by atoms with Crippen LogP contribution in [0, 0.1) is 0 Å². The molecule has 7 nitrogen and oxygen atoms in total. The Balaban J connectivity index is 2.96. The van der Waals surface area contributed by atoms with Gasteiger partial charge < -0.3 is 14.8 Å². The number of nitrogens with zero attached hydrogens (tertiary/aromatic N) is 2. The number of hydrogen-bond donors (Lipinski definition) is 2. The number of aromatic nitrogens is 1. The van der Waals surface area contributed by atoms with E-state index in [0.717, 1.165) is 12.8 Å². The van der Waals surface area contributed by atoms with Crippen LogP contribution in [0.15, 0.2) is 17.2 Å². The van der Waals surface area contributed by atoms with Crippen molar-refractivity contribution < 1.29 is 13.2 Å². The molecule has 0 spiro atoms. The summed E-state index contributed by atoms with van der Waals surface area (Å²) in [5.41, 5.74) is 0.208. The number of carbonyl (C=O) groups excluding carboxylic acids is 1. The average Bonchev–Trinajstić information content (AvgIpc) is 2.91. The molecule has 2 N–H and O–H groups in total. The van der Waals surface area contributed by atoms with Gasteiger partial charge in [0, 0.05) is 25.3 Å². The minimum atomic E-state index is -3.56. The van der Waals surface area contributed by atoms with E-state index in [9.17, 15) is 13.2 Å². The van der Waals surface area contributed by atoms with Crippen LogP contribution in [0.3, 0.4) is 0 Å². The van der Waals surface area contributed by atoms with Gasteiger partial charge in [-0.15, -0.1) is 0 Å². The maximum Gasteiger partial charge on any atom is 0.268 e. The number of nitrogens with one attached hydrogen (secondary N) is 2. The molecule has 0 aliphatic rings. The van der Waals surface area contributed by atoms with E-state index in [1.807, 2.05) is 14.1 Å². The van der Waals surface area contributed by atoms with Crippen molar-refractivity contribution in [2.75, 3.05) is 27.7 Å². The van der Waals surface area contributed by atoms with Crippen molar-refractivity contribution >= 4 is 15.9 Å². The number of carbonyl (C=O) groups is 1. The van der Waals surface area contributed by atoms with Crippen LogP contribution in [-0.4, -0.2) is 57.0 Å². The second kappa shape index (κ2) is 7.46. The molecule has 0 radical (unpaired) electrons. The van der Waals surface area contributed by atoms with Crippen LogP contribution in [-0.2, 0) is 17.1 Å². The van der Waals surface area contributed by atoms with Gasteiger partial charge in [-0.2, -0.15) is 0 Å². The smallest absolute Gasteiger partial charge is 0.268 e. The lowest BCUT2D eigenvalue weighted by Gasteiger charge is -2.38. The zero-order valence-electron chi connectivity index (χ0n) is 14.8. The predicted octanol–water partition coefficient (Wildman–Crippen LogP) is 0.783. The number of likely N-dealkylation sites (N-methyl/N-ethyl adjacent to an activating group) is 1. The number of rotatable bonds is 8. The first-order valence-corrected chi connectivity index (χ1v) is 9.17. The highest BCUT2D eigenvalue weighted by Crippen LogP contribution is 2.20. The Hall–Kier alpha value is -1.38. The fourth-order valence-electron chi connectivity index (χ4n) is 2.65. The average molecular weight is 344 g/mol. The molecule has 23 heavy (non-hydrogen) atoms. The molecule has 1 aromatic heterocycles. The topological polar surface area (TPSA) is 83.4 Å². The Morgan fingerprint density at radius 1 is 1.30 bits per heavy atom. The summed E-state index contributed by atoms with van der Waals surface area (Å²) in [5, 5.41) is 2.93. The highest BCUT2D eigenvalue weighted by molar-refractivity contribution is 7.89. The lowest BCUT2D eigenvalue weighted by molar-refractivity contribution is 0.0874. The van der Waals surface area contributed by atoms with Gasteiger partial charge in [-0.25, -0.2) is 13.1 Å². The van der Waals surface area contributed by atoms with E-state index < -0.39 is 10.0 Å². The molecule has 0 bridgehead atoms. The molecule has 0 aromatic carbocycles. The second-order valence-electron chi connectivity index (χ2n) is 5.89. The summed E-state index contributed by atoms with van der Waals surface area (Å²) in [6.07, 6.45) is 3.24. The van der Waals surface area contributed by atoms with Crippen LogP contribution in [0.25, 0.3) is 0 Å². The Labute approximate surface area is 139 Å². The van der Waals surface area contributed by atoms with Crippen LogP contribution in [0.5, 0.6) is 0 Å². The molecule has 0 saturated heterocycles. The molecule has 1 aromatic rings. The first kappa shape index (κ1) is 19.7. The summed E-state index contributed by atoms with van der Waals surface area (Å²) in [6, 6.07) is 1.39. The molecular weight excluding hydrogens is 316 g/mol. The van der Waals surface area contributed by atoms with Gasteiger partial charge in [-0.3, -0.25) is 4.79 Å². The fraction of sp³-hybridized carbons (Fsp3) is 0.667. The first-order valence-electron chi connectivity index (χ1n) is 7.69. The summed E-state index contributed by atoms with van der Waals surface area (Å²) < 4.78 is 27.4. The van der Waals surface area contributed by atoms with Crippen molar-refractivity contribution in [3.8, 4) is 0 Å². The van der Waals surface area contributed by atoms with E-state index in [1.165, 1.54) is 23.9 Å². The second-order valence-corrected chi connectivity index (χ2v) is 7.77. The summed E-state index contributed by atoms with van der Waals surface area (Å²) in [7, 11) is 3.44. The van der Waals surface area contributed by atoms with E-state index in [2.05, 4.69) is 28.8 Å². The van der Waals surface area contributed by atoms with E-state index in [0.29, 0.717) is 12.2 Å². The van der Waals surface area contributed by atoms with Crippen LogP contribution in [0.4, 0.5) is 0 Å². The Bertz CT molecular complexity index is 646. The SMILES string of the molecule is CCC(CC)(CNC(=O)c1cc(S(=O)(=O)NC)cn1C)N(C)C. The normalized spacial score (nSPS) is 12.7. The molecule has 8 heteroatoms. The molecule has 0 aliphatic heterocycles. The van der Waals surface area contributed by atoms with E-state index in [4.69, 9.17) is 0 Å². The summed E-state index contributed by atoms with van der Waals surface area (Å²) in [4.78, 5) is 14.6. The molecule has 1 rings (SSSR count). The Kier molecular flexibility index (Phi) is 6.38. The quantitative estimate of drug-likeness (QED) is 0.730. The minimum Gasteiger partial charge on any atom is -0.349 e.